The van der Waals surface area contributed by atoms with E-state index in [-0.39, 0.29) is 0 Å². The maximum atomic E-state index is 5.61. The van der Waals surface area contributed by atoms with E-state index in [0.29, 0.717) is 17.6 Å². The van der Waals surface area contributed by atoms with E-state index in [1.807, 2.05) is 48.5 Å². The smallest absolute Gasteiger partial charge is 0.262 e. The summed E-state index contributed by atoms with van der Waals surface area (Å²) in [5.74, 6) is 1.41. The fraction of sp³-hybridized carbons (Fsp3) is 0.238. The SMILES string of the molecule is CNCc1ccc(-c2noc(-c3cnn4c3-c3ccncc3C(C)C4)n2)cc1. The molecule has 1 N–H and O–H groups in total. The van der Waals surface area contributed by atoms with Crippen LogP contribution in [0.4, 0.5) is 0 Å². The third-order valence-electron chi connectivity index (χ3n) is 5.17. The van der Waals surface area contributed by atoms with Crippen LogP contribution in [0.1, 0.15) is 24.0 Å². The molecule has 0 saturated heterocycles. The Balaban J connectivity index is 1.53. The summed E-state index contributed by atoms with van der Waals surface area (Å²) in [7, 11) is 1.93. The molecular weight excluding hydrogens is 352 g/mol. The Kier molecular flexibility index (Phi) is 4.02. The van der Waals surface area contributed by atoms with Crippen LogP contribution in [0.3, 0.4) is 0 Å². The summed E-state index contributed by atoms with van der Waals surface area (Å²) < 4.78 is 7.62. The van der Waals surface area contributed by atoms with Gasteiger partial charge in [0.25, 0.3) is 5.89 Å². The van der Waals surface area contributed by atoms with Crippen LogP contribution in [0.25, 0.3) is 34.1 Å². The Bertz CT molecular complexity index is 1130. The van der Waals surface area contributed by atoms with Gasteiger partial charge < -0.3 is 9.84 Å². The summed E-state index contributed by atoms with van der Waals surface area (Å²) in [4.78, 5) is 8.92. The van der Waals surface area contributed by atoms with E-state index in [0.717, 1.165) is 35.5 Å². The van der Waals surface area contributed by atoms with Gasteiger partial charge in [-0.3, -0.25) is 9.67 Å². The molecule has 1 aliphatic heterocycles. The summed E-state index contributed by atoms with van der Waals surface area (Å²) in [6.45, 7) is 3.82. The average molecular weight is 372 g/mol. The molecule has 0 saturated carbocycles. The van der Waals surface area contributed by atoms with Gasteiger partial charge in [0.15, 0.2) is 0 Å². The Labute approximate surface area is 162 Å². The first kappa shape index (κ1) is 16.8. The van der Waals surface area contributed by atoms with E-state index >= 15 is 0 Å². The molecule has 1 aromatic carbocycles. The highest BCUT2D eigenvalue weighted by Gasteiger charge is 2.28. The lowest BCUT2D eigenvalue weighted by Gasteiger charge is -2.23. The van der Waals surface area contributed by atoms with Crippen molar-refractivity contribution >= 4 is 0 Å². The van der Waals surface area contributed by atoms with Gasteiger partial charge in [-0.15, -0.1) is 0 Å². The van der Waals surface area contributed by atoms with Gasteiger partial charge in [-0.25, -0.2) is 0 Å². The lowest BCUT2D eigenvalue weighted by molar-refractivity contribution is 0.432. The van der Waals surface area contributed by atoms with E-state index in [4.69, 9.17) is 4.52 Å². The van der Waals surface area contributed by atoms with Crippen LogP contribution < -0.4 is 5.32 Å². The highest BCUT2D eigenvalue weighted by atomic mass is 16.5. The molecule has 0 amide bonds. The predicted molar refractivity (Wildman–Crippen MR) is 105 cm³/mol. The number of hydrogen-bond donors (Lipinski definition) is 1. The monoisotopic (exact) mass is 372 g/mol. The molecule has 0 aliphatic carbocycles. The van der Waals surface area contributed by atoms with E-state index in [2.05, 4.69) is 44.6 Å². The van der Waals surface area contributed by atoms with Crippen LogP contribution in [0.5, 0.6) is 0 Å². The number of fused-ring (bicyclic) bond motifs is 3. The summed E-state index contributed by atoms with van der Waals surface area (Å²) in [6.07, 6.45) is 5.56. The number of hydrogen-bond acceptors (Lipinski definition) is 6. The van der Waals surface area contributed by atoms with Gasteiger partial charge >= 0.3 is 0 Å². The summed E-state index contributed by atoms with van der Waals surface area (Å²) in [6, 6.07) is 10.2. The van der Waals surface area contributed by atoms with Crippen molar-refractivity contribution in [3.8, 4) is 34.1 Å². The van der Waals surface area contributed by atoms with Gasteiger partial charge in [0.1, 0.15) is 0 Å². The molecule has 5 rings (SSSR count). The van der Waals surface area contributed by atoms with Crippen molar-refractivity contribution in [3.63, 3.8) is 0 Å². The van der Waals surface area contributed by atoms with E-state index < -0.39 is 0 Å². The maximum absolute atomic E-state index is 5.61. The largest absolute Gasteiger partial charge is 0.333 e. The fourth-order valence-corrected chi connectivity index (χ4v) is 3.76. The molecule has 1 atom stereocenters. The highest BCUT2D eigenvalue weighted by Crippen LogP contribution is 2.40. The minimum absolute atomic E-state index is 0.360. The third-order valence-corrected chi connectivity index (χ3v) is 5.17. The maximum Gasteiger partial charge on any atom is 0.262 e. The minimum atomic E-state index is 0.360. The second-order valence-electron chi connectivity index (χ2n) is 7.10. The minimum Gasteiger partial charge on any atom is -0.333 e. The first-order valence-electron chi connectivity index (χ1n) is 9.32. The molecule has 28 heavy (non-hydrogen) atoms. The van der Waals surface area contributed by atoms with Gasteiger partial charge in [-0.2, -0.15) is 10.1 Å². The standard InChI is InChI=1S/C21H20N6O/c1-13-12-27-19(16-7-8-23-10-17(13)16)18(11-24-27)21-25-20(26-28-21)15-5-3-14(4-6-15)9-22-2/h3-8,10-11,13,22H,9,12H2,1-2H3. The van der Waals surface area contributed by atoms with E-state index in [1.165, 1.54) is 11.1 Å². The zero-order valence-electron chi connectivity index (χ0n) is 15.8. The van der Waals surface area contributed by atoms with Gasteiger partial charge in [0.05, 0.1) is 17.5 Å². The van der Waals surface area contributed by atoms with Crippen molar-refractivity contribution < 1.29 is 4.52 Å². The molecule has 4 heterocycles. The number of nitrogens with one attached hydrogen (secondary N) is 1. The highest BCUT2D eigenvalue weighted by molar-refractivity contribution is 5.80. The fourth-order valence-electron chi connectivity index (χ4n) is 3.76. The van der Waals surface area contributed by atoms with Crippen LogP contribution in [0.15, 0.2) is 53.4 Å². The van der Waals surface area contributed by atoms with Crippen molar-refractivity contribution in [1.82, 2.24) is 30.2 Å². The van der Waals surface area contributed by atoms with Crippen LogP contribution in [0, 0.1) is 0 Å². The van der Waals surface area contributed by atoms with Gasteiger partial charge in [-0.05, 0) is 24.2 Å². The number of aromatic nitrogens is 5. The van der Waals surface area contributed by atoms with Gasteiger partial charge in [0.2, 0.25) is 5.82 Å². The molecular formula is C21H20N6O. The lowest BCUT2D eigenvalue weighted by atomic mass is 9.91. The molecule has 4 aromatic rings. The molecule has 7 nitrogen and oxygen atoms in total. The molecule has 3 aromatic heterocycles. The molecule has 7 heteroatoms. The second-order valence-corrected chi connectivity index (χ2v) is 7.10. The Morgan fingerprint density at radius 1 is 1.14 bits per heavy atom. The van der Waals surface area contributed by atoms with Crippen LogP contribution in [-0.2, 0) is 13.1 Å². The lowest BCUT2D eigenvalue weighted by Crippen LogP contribution is -2.16. The summed E-state index contributed by atoms with van der Waals surface area (Å²) in [5, 5.41) is 11.9. The number of pyridine rings is 1. The van der Waals surface area contributed by atoms with Crippen molar-refractivity contribution in [3.05, 3.63) is 60.0 Å². The quantitative estimate of drug-likeness (QED) is 0.590. The molecule has 1 unspecified atom stereocenters. The molecule has 0 fully saturated rings. The molecule has 0 bridgehead atoms. The molecule has 1 aliphatic rings. The number of benzene rings is 1. The van der Waals surface area contributed by atoms with Crippen LogP contribution >= 0.6 is 0 Å². The van der Waals surface area contributed by atoms with Crippen LogP contribution in [-0.4, -0.2) is 32.0 Å². The molecule has 0 spiro atoms. The number of nitrogens with zero attached hydrogens (tertiary/aromatic N) is 5. The van der Waals surface area contributed by atoms with Gasteiger partial charge in [-0.1, -0.05) is 36.3 Å². The second kappa shape index (κ2) is 6.69. The zero-order valence-corrected chi connectivity index (χ0v) is 15.8. The normalized spacial score (nSPS) is 15.3. The van der Waals surface area contributed by atoms with E-state index in [9.17, 15) is 0 Å². The number of rotatable bonds is 4. The summed E-state index contributed by atoms with van der Waals surface area (Å²) >= 11 is 0. The van der Waals surface area contributed by atoms with Crippen molar-refractivity contribution in [2.45, 2.75) is 25.9 Å². The predicted octanol–water partition coefficient (Wildman–Crippen LogP) is 3.50. The van der Waals surface area contributed by atoms with Crippen molar-refractivity contribution in [1.29, 1.82) is 0 Å². The van der Waals surface area contributed by atoms with Crippen LogP contribution in [0.2, 0.25) is 0 Å². The van der Waals surface area contributed by atoms with Crippen molar-refractivity contribution in [2.24, 2.45) is 0 Å². The third kappa shape index (κ3) is 2.71. The molecule has 140 valence electrons. The van der Waals surface area contributed by atoms with Gasteiger partial charge in [0, 0.05) is 42.5 Å². The summed E-state index contributed by atoms with van der Waals surface area (Å²) in [5.41, 5.74) is 6.34. The Morgan fingerprint density at radius 2 is 2.00 bits per heavy atom. The average Bonchev–Trinajstić information content (AvgIpc) is 3.36. The Morgan fingerprint density at radius 3 is 2.82 bits per heavy atom. The Hall–Kier alpha value is -3.32. The van der Waals surface area contributed by atoms with E-state index in [1.54, 1.807) is 0 Å². The zero-order chi connectivity index (χ0) is 19.1. The van der Waals surface area contributed by atoms with Crippen molar-refractivity contribution in [2.75, 3.05) is 7.05 Å². The first-order valence-corrected chi connectivity index (χ1v) is 9.32. The molecule has 0 radical (unpaired) electrons. The first-order chi connectivity index (χ1) is 13.7. The topological polar surface area (TPSA) is 81.7 Å².